The zero-order chi connectivity index (χ0) is 12.7. The lowest BCUT2D eigenvalue weighted by Gasteiger charge is -2.24. The number of fused-ring (bicyclic) bond motifs is 1. The number of piperidine rings is 1. The summed E-state index contributed by atoms with van der Waals surface area (Å²) in [7, 11) is 0. The van der Waals surface area contributed by atoms with Gasteiger partial charge in [0.1, 0.15) is 11.9 Å². The van der Waals surface area contributed by atoms with Gasteiger partial charge >= 0.3 is 0 Å². The largest absolute Gasteiger partial charge is 0.489 e. The van der Waals surface area contributed by atoms with E-state index in [1.165, 1.54) is 6.42 Å². The molecule has 1 aliphatic heterocycles. The van der Waals surface area contributed by atoms with Gasteiger partial charge in [0.05, 0.1) is 5.56 Å². The molecule has 1 saturated carbocycles. The van der Waals surface area contributed by atoms with E-state index in [9.17, 15) is 4.79 Å². The summed E-state index contributed by atoms with van der Waals surface area (Å²) >= 11 is 3.34. The van der Waals surface area contributed by atoms with Crippen molar-refractivity contribution >= 4 is 21.8 Å². The van der Waals surface area contributed by atoms with Crippen LogP contribution in [0.4, 0.5) is 0 Å². The number of nitrogens with two attached hydrogens (primary N) is 1. The molecule has 1 heterocycles. The predicted octanol–water partition coefficient (Wildman–Crippen LogP) is 1.68. The van der Waals surface area contributed by atoms with Crippen LogP contribution in [0.3, 0.4) is 0 Å². The molecule has 1 amide bonds. The molecule has 5 heteroatoms. The lowest BCUT2D eigenvalue weighted by Crippen LogP contribution is -2.36. The van der Waals surface area contributed by atoms with Gasteiger partial charge in [-0.1, -0.05) is 15.9 Å². The second-order valence-electron chi connectivity index (χ2n) is 4.91. The molecule has 0 radical (unpaired) electrons. The van der Waals surface area contributed by atoms with Gasteiger partial charge in [-0.3, -0.25) is 4.79 Å². The standard InChI is InChI=1S/C13H15BrN2O2/c14-7-1-2-11(9(5-7)13(15)17)18-12-3-4-16-10-6-8(10)12/h1-2,5,8,10,12,16H,3-4,6H2,(H2,15,17). The average Bonchev–Trinajstić information content (AvgIpc) is 3.11. The van der Waals surface area contributed by atoms with Crippen molar-refractivity contribution in [1.29, 1.82) is 0 Å². The molecular formula is C13H15BrN2O2. The summed E-state index contributed by atoms with van der Waals surface area (Å²) in [5, 5.41) is 3.44. The number of benzene rings is 1. The summed E-state index contributed by atoms with van der Waals surface area (Å²) in [6.07, 6.45) is 2.36. The molecule has 0 aromatic heterocycles. The van der Waals surface area contributed by atoms with Gasteiger partial charge in [-0.2, -0.15) is 0 Å². The lowest BCUT2D eigenvalue weighted by atomic mass is 10.1. The summed E-state index contributed by atoms with van der Waals surface area (Å²) in [5.41, 5.74) is 5.83. The number of carbonyl (C=O) groups is 1. The molecule has 2 aliphatic rings. The van der Waals surface area contributed by atoms with Crippen LogP contribution in [-0.2, 0) is 0 Å². The maximum Gasteiger partial charge on any atom is 0.252 e. The van der Waals surface area contributed by atoms with E-state index >= 15 is 0 Å². The van der Waals surface area contributed by atoms with Crippen LogP contribution in [0.5, 0.6) is 5.75 Å². The molecule has 3 atom stereocenters. The normalized spacial score (nSPS) is 29.5. The summed E-state index contributed by atoms with van der Waals surface area (Å²) in [6.45, 7) is 0.980. The third-order valence-electron chi connectivity index (χ3n) is 3.64. The monoisotopic (exact) mass is 310 g/mol. The van der Waals surface area contributed by atoms with E-state index in [-0.39, 0.29) is 6.10 Å². The first-order valence-corrected chi connectivity index (χ1v) is 6.94. The van der Waals surface area contributed by atoms with Crippen molar-refractivity contribution in [2.24, 2.45) is 11.7 Å². The van der Waals surface area contributed by atoms with E-state index < -0.39 is 5.91 Å². The van der Waals surface area contributed by atoms with Gasteiger partial charge in [0.15, 0.2) is 0 Å². The summed E-state index contributed by atoms with van der Waals surface area (Å²) in [5.74, 6) is 0.735. The van der Waals surface area contributed by atoms with Crippen molar-refractivity contribution in [1.82, 2.24) is 5.32 Å². The minimum atomic E-state index is -0.451. The fourth-order valence-corrected chi connectivity index (χ4v) is 2.95. The Labute approximate surface area is 114 Å². The molecule has 3 rings (SSSR count). The number of carbonyl (C=O) groups excluding carboxylic acids is 1. The second kappa shape index (κ2) is 4.55. The zero-order valence-corrected chi connectivity index (χ0v) is 11.4. The highest BCUT2D eigenvalue weighted by Gasteiger charge is 2.46. The molecule has 0 bridgehead atoms. The summed E-state index contributed by atoms with van der Waals surface area (Å²) < 4.78 is 6.83. The van der Waals surface area contributed by atoms with Gasteiger partial charge in [0, 0.05) is 16.4 Å². The van der Waals surface area contributed by atoms with E-state index in [2.05, 4.69) is 21.2 Å². The van der Waals surface area contributed by atoms with Crippen molar-refractivity contribution in [2.45, 2.75) is 25.0 Å². The van der Waals surface area contributed by atoms with Crippen LogP contribution >= 0.6 is 15.9 Å². The van der Waals surface area contributed by atoms with Crippen molar-refractivity contribution in [2.75, 3.05) is 6.54 Å². The first kappa shape index (κ1) is 12.0. The van der Waals surface area contributed by atoms with E-state index in [0.29, 0.717) is 23.3 Å². The third-order valence-corrected chi connectivity index (χ3v) is 4.13. The van der Waals surface area contributed by atoms with Crippen LogP contribution in [-0.4, -0.2) is 24.6 Å². The van der Waals surface area contributed by atoms with E-state index in [4.69, 9.17) is 10.5 Å². The predicted molar refractivity (Wildman–Crippen MR) is 71.6 cm³/mol. The molecule has 1 aromatic rings. The van der Waals surface area contributed by atoms with Crippen LogP contribution in [0.1, 0.15) is 23.2 Å². The Morgan fingerprint density at radius 3 is 3.11 bits per heavy atom. The number of rotatable bonds is 3. The Kier molecular flexibility index (Phi) is 3.03. The number of nitrogens with one attached hydrogen (secondary N) is 1. The van der Waals surface area contributed by atoms with Crippen LogP contribution in [0, 0.1) is 5.92 Å². The smallest absolute Gasteiger partial charge is 0.252 e. The topological polar surface area (TPSA) is 64.4 Å². The van der Waals surface area contributed by atoms with E-state index in [1.54, 1.807) is 6.07 Å². The lowest BCUT2D eigenvalue weighted by molar-refractivity contribution is 0.0986. The van der Waals surface area contributed by atoms with Gasteiger partial charge in [-0.25, -0.2) is 0 Å². The number of primary amides is 1. The van der Waals surface area contributed by atoms with Gasteiger partial charge in [-0.05, 0) is 37.6 Å². The Balaban J connectivity index is 1.81. The molecule has 0 spiro atoms. The highest BCUT2D eigenvalue weighted by Crippen LogP contribution is 2.40. The highest BCUT2D eigenvalue weighted by molar-refractivity contribution is 9.10. The van der Waals surface area contributed by atoms with Crippen molar-refractivity contribution < 1.29 is 9.53 Å². The van der Waals surface area contributed by atoms with Gasteiger partial charge in [-0.15, -0.1) is 0 Å². The minimum Gasteiger partial charge on any atom is -0.489 e. The van der Waals surface area contributed by atoms with Crippen LogP contribution < -0.4 is 15.8 Å². The maximum atomic E-state index is 11.4. The van der Waals surface area contributed by atoms with Crippen LogP contribution in [0.25, 0.3) is 0 Å². The average molecular weight is 311 g/mol. The minimum absolute atomic E-state index is 0.204. The Bertz CT molecular complexity index is 492. The Hall–Kier alpha value is -1.07. The molecule has 1 saturated heterocycles. The van der Waals surface area contributed by atoms with Crippen molar-refractivity contribution in [3.8, 4) is 5.75 Å². The molecule has 18 heavy (non-hydrogen) atoms. The van der Waals surface area contributed by atoms with Crippen LogP contribution in [0.15, 0.2) is 22.7 Å². The molecular weight excluding hydrogens is 296 g/mol. The Morgan fingerprint density at radius 2 is 2.33 bits per heavy atom. The fraction of sp³-hybridized carbons (Fsp3) is 0.462. The van der Waals surface area contributed by atoms with E-state index in [1.807, 2.05) is 12.1 Å². The van der Waals surface area contributed by atoms with Gasteiger partial charge in [0.2, 0.25) is 0 Å². The second-order valence-corrected chi connectivity index (χ2v) is 5.83. The number of hydrogen-bond donors (Lipinski definition) is 2. The number of amides is 1. The summed E-state index contributed by atoms with van der Waals surface area (Å²) in [6, 6.07) is 6.00. The van der Waals surface area contributed by atoms with Gasteiger partial charge < -0.3 is 15.8 Å². The summed E-state index contributed by atoms with van der Waals surface area (Å²) in [4.78, 5) is 11.4. The fourth-order valence-electron chi connectivity index (χ4n) is 2.59. The first-order chi connectivity index (χ1) is 8.65. The number of ether oxygens (including phenoxy) is 1. The SMILES string of the molecule is NC(=O)c1cc(Br)ccc1OC1CCNC2CC21. The molecule has 96 valence electrons. The maximum absolute atomic E-state index is 11.4. The van der Waals surface area contributed by atoms with Crippen molar-refractivity contribution in [3.63, 3.8) is 0 Å². The van der Waals surface area contributed by atoms with Crippen molar-refractivity contribution in [3.05, 3.63) is 28.2 Å². The molecule has 3 N–H and O–H groups in total. The third kappa shape index (κ3) is 2.24. The zero-order valence-electron chi connectivity index (χ0n) is 9.86. The quantitative estimate of drug-likeness (QED) is 0.892. The molecule has 3 unspecified atom stereocenters. The van der Waals surface area contributed by atoms with Gasteiger partial charge in [0.25, 0.3) is 5.91 Å². The van der Waals surface area contributed by atoms with E-state index in [0.717, 1.165) is 17.4 Å². The molecule has 1 aromatic carbocycles. The Morgan fingerprint density at radius 1 is 1.50 bits per heavy atom. The molecule has 4 nitrogen and oxygen atoms in total. The number of hydrogen-bond acceptors (Lipinski definition) is 3. The number of halogens is 1. The first-order valence-electron chi connectivity index (χ1n) is 6.14. The highest BCUT2D eigenvalue weighted by atomic mass is 79.9. The molecule has 1 aliphatic carbocycles. The molecule has 2 fully saturated rings. The van der Waals surface area contributed by atoms with Crippen LogP contribution in [0.2, 0.25) is 0 Å².